The summed E-state index contributed by atoms with van der Waals surface area (Å²) >= 11 is 1.47. The number of hydrogen-bond acceptors (Lipinski definition) is 4. The first-order valence-electron chi connectivity index (χ1n) is 9.65. The van der Waals surface area contributed by atoms with Gasteiger partial charge in [-0.3, -0.25) is 0 Å². The summed E-state index contributed by atoms with van der Waals surface area (Å²) in [7, 11) is 0. The van der Waals surface area contributed by atoms with Crippen LogP contribution in [0.3, 0.4) is 0 Å². The van der Waals surface area contributed by atoms with Gasteiger partial charge in [-0.2, -0.15) is 0 Å². The number of fused-ring (bicyclic) bond motifs is 2. The molecule has 3 nitrogen and oxygen atoms in total. The molecule has 1 unspecified atom stereocenters. The zero-order valence-electron chi connectivity index (χ0n) is 15.5. The van der Waals surface area contributed by atoms with Crippen molar-refractivity contribution in [2.45, 2.75) is 43.8 Å². The molecule has 1 fully saturated rings. The van der Waals surface area contributed by atoms with Crippen molar-refractivity contribution in [3.63, 3.8) is 0 Å². The second-order valence-corrected chi connectivity index (χ2v) is 8.76. The molecule has 1 saturated heterocycles. The molecule has 1 N–H and O–H groups in total. The van der Waals surface area contributed by atoms with Gasteiger partial charge in [-0.1, -0.05) is 12.1 Å². The highest BCUT2D eigenvalue weighted by atomic mass is 32.1. The molecule has 2 aliphatic rings. The number of rotatable bonds is 5. The Kier molecular flexibility index (Phi) is 5.78. The van der Waals surface area contributed by atoms with Gasteiger partial charge < -0.3 is 14.7 Å². The molecular weight excluding hydrogens is 387 g/mol. The van der Waals surface area contributed by atoms with Gasteiger partial charge >= 0.3 is 0 Å². The van der Waals surface area contributed by atoms with E-state index in [1.807, 2.05) is 6.07 Å². The van der Waals surface area contributed by atoms with E-state index < -0.39 is 12.5 Å². The summed E-state index contributed by atoms with van der Waals surface area (Å²) in [6.45, 7) is 2.63. The Morgan fingerprint density at radius 2 is 1.89 bits per heavy atom. The molecule has 152 valence electrons. The van der Waals surface area contributed by atoms with Gasteiger partial charge in [0.05, 0.1) is 12.7 Å². The number of nitrogens with zero attached hydrogens (tertiary/aromatic N) is 1. The Bertz CT molecular complexity index is 800. The number of aliphatic hydroxyl groups excluding tert-OH is 1. The van der Waals surface area contributed by atoms with E-state index in [0.717, 1.165) is 47.7 Å². The smallest absolute Gasteiger partial charge is 0.243 e. The lowest BCUT2D eigenvalue weighted by Crippen LogP contribution is -2.46. The van der Waals surface area contributed by atoms with Crippen molar-refractivity contribution in [3.8, 4) is 0 Å². The van der Waals surface area contributed by atoms with Crippen LogP contribution in [0.15, 0.2) is 30.3 Å². The summed E-state index contributed by atoms with van der Waals surface area (Å²) in [5, 5.41) is 10.4. The molecule has 0 bridgehead atoms. The number of alkyl halides is 2. The predicted octanol–water partition coefficient (Wildman–Crippen LogP) is 4.29. The first kappa shape index (κ1) is 19.9. The fourth-order valence-corrected chi connectivity index (χ4v) is 5.65. The standard InChI is InChI=1S/C21H24F3NO2S/c22-16-3-1-14(2-4-16)18(26)13-25-8-6-21(7-9-25)20-15(5-10-27-21)11-17(28-20)12-19(23)24/h1-4,11,18-19,26H,5-10,12-13H2. The molecule has 2 aromatic rings. The topological polar surface area (TPSA) is 32.7 Å². The minimum atomic E-state index is -2.33. The Morgan fingerprint density at radius 1 is 1.18 bits per heavy atom. The molecule has 3 heterocycles. The van der Waals surface area contributed by atoms with Crippen LogP contribution >= 0.6 is 11.3 Å². The molecule has 0 amide bonds. The van der Waals surface area contributed by atoms with E-state index in [1.165, 1.54) is 23.5 Å². The number of ether oxygens (including phenoxy) is 1. The molecule has 1 spiro atoms. The van der Waals surface area contributed by atoms with Crippen molar-refractivity contribution in [3.05, 3.63) is 57.0 Å². The third-order valence-electron chi connectivity index (χ3n) is 5.73. The molecule has 1 aromatic heterocycles. The fourth-order valence-electron chi connectivity index (χ4n) is 4.23. The quantitative estimate of drug-likeness (QED) is 0.797. The third-order valence-corrected chi connectivity index (χ3v) is 7.11. The maximum Gasteiger partial charge on any atom is 0.243 e. The maximum atomic E-state index is 13.1. The van der Waals surface area contributed by atoms with Crippen LogP contribution in [0, 0.1) is 5.82 Å². The van der Waals surface area contributed by atoms with Crippen LogP contribution in [-0.4, -0.2) is 42.7 Å². The average molecular weight is 411 g/mol. The number of aliphatic hydroxyl groups is 1. The van der Waals surface area contributed by atoms with E-state index in [0.29, 0.717) is 18.7 Å². The van der Waals surface area contributed by atoms with E-state index in [-0.39, 0.29) is 17.8 Å². The van der Waals surface area contributed by atoms with Crippen molar-refractivity contribution in [2.24, 2.45) is 0 Å². The van der Waals surface area contributed by atoms with Crippen LogP contribution in [0.25, 0.3) is 0 Å². The van der Waals surface area contributed by atoms with E-state index in [9.17, 15) is 18.3 Å². The molecule has 1 atom stereocenters. The van der Waals surface area contributed by atoms with Crippen LogP contribution in [0.5, 0.6) is 0 Å². The van der Waals surface area contributed by atoms with Crippen LogP contribution in [0.1, 0.15) is 39.8 Å². The normalized spacial score (nSPS) is 20.5. The molecule has 28 heavy (non-hydrogen) atoms. The summed E-state index contributed by atoms with van der Waals surface area (Å²) < 4.78 is 44.8. The molecule has 0 saturated carbocycles. The van der Waals surface area contributed by atoms with Gasteiger partial charge in [0.1, 0.15) is 11.4 Å². The van der Waals surface area contributed by atoms with Crippen LogP contribution < -0.4 is 0 Å². The summed E-state index contributed by atoms with van der Waals surface area (Å²) in [5.41, 5.74) is 1.48. The lowest BCUT2D eigenvalue weighted by Gasteiger charge is -2.44. The number of benzene rings is 1. The Balaban J connectivity index is 1.41. The monoisotopic (exact) mass is 411 g/mol. The summed E-state index contributed by atoms with van der Waals surface area (Å²) in [6, 6.07) is 7.86. The Morgan fingerprint density at radius 3 is 2.57 bits per heavy atom. The summed E-state index contributed by atoms with van der Waals surface area (Å²) in [6.07, 6.45) is -0.841. The Labute approximate surface area is 166 Å². The highest BCUT2D eigenvalue weighted by Crippen LogP contribution is 2.45. The van der Waals surface area contributed by atoms with Crippen molar-refractivity contribution >= 4 is 11.3 Å². The van der Waals surface area contributed by atoms with E-state index >= 15 is 0 Å². The van der Waals surface area contributed by atoms with Gasteiger partial charge in [-0.25, -0.2) is 13.2 Å². The minimum absolute atomic E-state index is 0.191. The maximum absolute atomic E-state index is 13.1. The molecule has 2 aliphatic heterocycles. The van der Waals surface area contributed by atoms with Crippen molar-refractivity contribution in [2.75, 3.05) is 26.2 Å². The SMILES string of the molecule is OC(CN1CCC2(CC1)OCCc1cc(CC(F)F)sc12)c1ccc(F)cc1. The second-order valence-electron chi connectivity index (χ2n) is 7.62. The van der Waals surface area contributed by atoms with Crippen LogP contribution in [0.2, 0.25) is 0 Å². The first-order chi connectivity index (χ1) is 13.4. The van der Waals surface area contributed by atoms with Crippen molar-refractivity contribution < 1.29 is 23.0 Å². The fraction of sp³-hybridized carbons (Fsp3) is 0.524. The molecule has 7 heteroatoms. The predicted molar refractivity (Wildman–Crippen MR) is 102 cm³/mol. The van der Waals surface area contributed by atoms with Gasteiger partial charge in [0.2, 0.25) is 6.43 Å². The van der Waals surface area contributed by atoms with E-state index in [4.69, 9.17) is 4.74 Å². The number of piperidine rings is 1. The molecule has 1 aromatic carbocycles. The van der Waals surface area contributed by atoms with Gasteiger partial charge in [0.25, 0.3) is 0 Å². The highest BCUT2D eigenvalue weighted by molar-refractivity contribution is 7.12. The average Bonchev–Trinajstić information content (AvgIpc) is 3.07. The van der Waals surface area contributed by atoms with Gasteiger partial charge in [-0.05, 0) is 48.6 Å². The molecule has 0 aliphatic carbocycles. The molecular formula is C21H24F3NO2S. The van der Waals surface area contributed by atoms with Crippen LogP contribution in [-0.2, 0) is 23.2 Å². The molecule has 0 radical (unpaired) electrons. The number of hydrogen-bond donors (Lipinski definition) is 1. The lowest BCUT2D eigenvalue weighted by atomic mass is 9.85. The lowest BCUT2D eigenvalue weighted by molar-refractivity contribution is -0.0982. The summed E-state index contributed by atoms with van der Waals surface area (Å²) in [5.74, 6) is -0.316. The van der Waals surface area contributed by atoms with Crippen LogP contribution in [0.4, 0.5) is 13.2 Å². The zero-order valence-corrected chi connectivity index (χ0v) is 16.4. The van der Waals surface area contributed by atoms with Gasteiger partial charge in [-0.15, -0.1) is 11.3 Å². The number of thiophene rings is 1. The Hall–Kier alpha value is -1.41. The first-order valence-corrected chi connectivity index (χ1v) is 10.5. The highest BCUT2D eigenvalue weighted by Gasteiger charge is 2.42. The zero-order chi connectivity index (χ0) is 19.7. The minimum Gasteiger partial charge on any atom is -0.387 e. The summed E-state index contributed by atoms with van der Waals surface area (Å²) in [4.78, 5) is 4.04. The van der Waals surface area contributed by atoms with Gasteiger partial charge in [0, 0.05) is 35.8 Å². The second kappa shape index (κ2) is 8.14. The van der Waals surface area contributed by atoms with Crippen molar-refractivity contribution in [1.29, 1.82) is 0 Å². The number of halogens is 3. The largest absolute Gasteiger partial charge is 0.387 e. The molecule has 4 rings (SSSR count). The van der Waals surface area contributed by atoms with E-state index in [2.05, 4.69) is 4.90 Å². The van der Waals surface area contributed by atoms with Crippen molar-refractivity contribution in [1.82, 2.24) is 4.90 Å². The van der Waals surface area contributed by atoms with Gasteiger partial charge in [0.15, 0.2) is 0 Å². The number of β-amino-alcohol motifs (C(OH)–C–C–N with tert-alkyl or cyclic N) is 1. The van der Waals surface area contributed by atoms with E-state index in [1.54, 1.807) is 12.1 Å². The number of likely N-dealkylation sites (tertiary alicyclic amines) is 1. The third kappa shape index (κ3) is 4.13.